The zero-order chi connectivity index (χ0) is 13.2. The molecule has 1 aromatic rings. The summed E-state index contributed by atoms with van der Waals surface area (Å²) >= 11 is 0. The fourth-order valence-electron chi connectivity index (χ4n) is 1.58. The molecule has 6 heteroatoms. The number of aromatic carboxylic acids is 1. The molecule has 0 saturated carbocycles. The number of amides is 1. The van der Waals surface area contributed by atoms with E-state index in [1.807, 2.05) is 0 Å². The van der Waals surface area contributed by atoms with E-state index in [9.17, 15) is 18.8 Å². The van der Waals surface area contributed by atoms with Crippen LogP contribution in [-0.4, -0.2) is 22.8 Å². The Kier molecular flexibility index (Phi) is 3.57. The molecule has 0 heterocycles. The first-order chi connectivity index (χ1) is 7.86. The molecule has 0 fully saturated rings. The fourth-order valence-corrected chi connectivity index (χ4v) is 1.58. The highest BCUT2D eigenvalue weighted by molar-refractivity contribution is 6.07. The van der Waals surface area contributed by atoms with Crippen LogP contribution in [0.3, 0.4) is 0 Å². The van der Waals surface area contributed by atoms with Crippen LogP contribution in [0.5, 0.6) is 0 Å². The Morgan fingerprint density at radius 2 is 1.94 bits per heavy atom. The molecule has 0 spiro atoms. The summed E-state index contributed by atoms with van der Waals surface area (Å²) in [5, 5.41) is 8.86. The number of nitrogens with two attached hydrogens (primary N) is 1. The van der Waals surface area contributed by atoms with Crippen LogP contribution < -0.4 is 5.73 Å². The predicted octanol–water partition coefficient (Wildman–Crippen LogP) is 0.682. The lowest BCUT2D eigenvalue weighted by molar-refractivity contribution is -0.127. The summed E-state index contributed by atoms with van der Waals surface area (Å²) in [5.74, 6) is -5.65. The van der Waals surface area contributed by atoms with Crippen molar-refractivity contribution in [3.63, 3.8) is 0 Å². The number of hydrogen-bond donors (Lipinski definition) is 2. The van der Waals surface area contributed by atoms with E-state index >= 15 is 0 Å². The van der Waals surface area contributed by atoms with E-state index in [-0.39, 0.29) is 5.56 Å². The molecule has 0 aromatic heterocycles. The first-order valence-corrected chi connectivity index (χ1v) is 4.67. The van der Waals surface area contributed by atoms with E-state index in [2.05, 4.69) is 0 Å². The minimum Gasteiger partial charge on any atom is -0.478 e. The monoisotopic (exact) mass is 239 g/mol. The minimum absolute atomic E-state index is 0.225. The molecule has 1 rings (SSSR count). The quantitative estimate of drug-likeness (QED) is 0.755. The zero-order valence-corrected chi connectivity index (χ0v) is 8.94. The van der Waals surface area contributed by atoms with Gasteiger partial charge in [0, 0.05) is 0 Å². The molecule has 17 heavy (non-hydrogen) atoms. The number of hydrogen-bond acceptors (Lipinski definition) is 3. The Balaban J connectivity index is 3.48. The van der Waals surface area contributed by atoms with Gasteiger partial charge in [-0.1, -0.05) is 12.1 Å². The Bertz CT molecular complexity index is 484. The third-order valence-corrected chi connectivity index (χ3v) is 2.26. The van der Waals surface area contributed by atoms with Crippen LogP contribution >= 0.6 is 0 Å². The maximum atomic E-state index is 13.3. The molecule has 0 aliphatic rings. The lowest BCUT2D eigenvalue weighted by Crippen LogP contribution is -2.28. The number of ketones is 1. The standard InChI is InChI=1S/C11H10FNO4/c1-5(14)8(10(13)15)6-3-2-4-7(12)9(6)11(16)17/h2-4,8H,1H3,(H2,13,15)(H,16,17). The van der Waals surface area contributed by atoms with Crippen molar-refractivity contribution in [3.05, 3.63) is 35.1 Å². The molecule has 1 amide bonds. The molecule has 0 bridgehead atoms. The van der Waals surface area contributed by atoms with Crippen LogP contribution in [0.2, 0.25) is 0 Å². The van der Waals surface area contributed by atoms with Gasteiger partial charge in [-0.2, -0.15) is 0 Å². The van der Waals surface area contributed by atoms with Crippen molar-refractivity contribution in [2.75, 3.05) is 0 Å². The van der Waals surface area contributed by atoms with E-state index in [0.717, 1.165) is 13.0 Å². The number of carbonyl (C=O) groups is 3. The van der Waals surface area contributed by atoms with Crippen molar-refractivity contribution in [3.8, 4) is 0 Å². The second-order valence-corrected chi connectivity index (χ2v) is 3.46. The SMILES string of the molecule is CC(=O)C(C(N)=O)c1cccc(F)c1C(=O)O. The van der Waals surface area contributed by atoms with Crippen LogP contribution in [0.25, 0.3) is 0 Å². The Morgan fingerprint density at radius 3 is 2.35 bits per heavy atom. The topological polar surface area (TPSA) is 97.5 Å². The smallest absolute Gasteiger partial charge is 0.339 e. The highest BCUT2D eigenvalue weighted by atomic mass is 19.1. The van der Waals surface area contributed by atoms with Gasteiger partial charge in [-0.15, -0.1) is 0 Å². The molecule has 3 N–H and O–H groups in total. The van der Waals surface area contributed by atoms with Crippen molar-refractivity contribution in [1.29, 1.82) is 0 Å². The van der Waals surface area contributed by atoms with Gasteiger partial charge in [0.25, 0.3) is 0 Å². The predicted molar refractivity (Wildman–Crippen MR) is 56.0 cm³/mol. The van der Waals surface area contributed by atoms with Gasteiger partial charge in [-0.3, -0.25) is 9.59 Å². The molecule has 1 aromatic carbocycles. The van der Waals surface area contributed by atoms with Crippen molar-refractivity contribution in [1.82, 2.24) is 0 Å². The lowest BCUT2D eigenvalue weighted by atomic mass is 9.90. The maximum absolute atomic E-state index is 13.3. The van der Waals surface area contributed by atoms with Crippen molar-refractivity contribution < 1.29 is 23.9 Å². The van der Waals surface area contributed by atoms with Crippen LogP contribution in [-0.2, 0) is 9.59 Å². The van der Waals surface area contributed by atoms with Gasteiger partial charge in [0.15, 0.2) is 0 Å². The number of Topliss-reactive ketones (excluding diaryl/α,β-unsaturated/α-hetero) is 1. The van der Waals surface area contributed by atoms with Crippen LogP contribution in [0.4, 0.5) is 4.39 Å². The summed E-state index contributed by atoms with van der Waals surface area (Å²) in [6.45, 7) is 1.09. The minimum atomic E-state index is -1.55. The van der Waals surface area contributed by atoms with Gasteiger partial charge in [0.2, 0.25) is 5.91 Å². The molecule has 0 saturated heterocycles. The Labute approximate surface area is 96.0 Å². The average molecular weight is 239 g/mol. The molecule has 0 radical (unpaired) electrons. The summed E-state index contributed by atoms with van der Waals surface area (Å²) in [4.78, 5) is 33.3. The second kappa shape index (κ2) is 4.73. The number of carbonyl (C=O) groups excluding carboxylic acids is 2. The fraction of sp³-hybridized carbons (Fsp3) is 0.182. The Hall–Kier alpha value is -2.24. The Morgan fingerprint density at radius 1 is 1.35 bits per heavy atom. The van der Waals surface area contributed by atoms with E-state index in [4.69, 9.17) is 10.8 Å². The zero-order valence-electron chi connectivity index (χ0n) is 8.94. The average Bonchev–Trinajstić information content (AvgIpc) is 2.15. The summed E-state index contributed by atoms with van der Waals surface area (Å²) in [6, 6.07) is 3.35. The molecule has 0 aliphatic heterocycles. The first kappa shape index (κ1) is 12.8. The maximum Gasteiger partial charge on any atom is 0.339 e. The van der Waals surface area contributed by atoms with Crippen molar-refractivity contribution >= 4 is 17.7 Å². The summed E-state index contributed by atoms with van der Waals surface area (Å²) in [5.41, 5.74) is 4.09. The molecule has 1 atom stereocenters. The number of benzene rings is 1. The third kappa shape index (κ3) is 2.47. The number of primary amides is 1. The number of halogens is 1. The second-order valence-electron chi connectivity index (χ2n) is 3.46. The molecule has 90 valence electrons. The van der Waals surface area contributed by atoms with Crippen molar-refractivity contribution in [2.24, 2.45) is 5.73 Å². The van der Waals surface area contributed by atoms with E-state index in [1.165, 1.54) is 12.1 Å². The van der Waals surface area contributed by atoms with Crippen LogP contribution in [0.1, 0.15) is 28.8 Å². The molecule has 5 nitrogen and oxygen atoms in total. The van der Waals surface area contributed by atoms with E-state index in [0.29, 0.717) is 0 Å². The first-order valence-electron chi connectivity index (χ1n) is 4.67. The van der Waals surface area contributed by atoms with E-state index in [1.54, 1.807) is 0 Å². The van der Waals surface area contributed by atoms with Gasteiger partial charge in [-0.25, -0.2) is 9.18 Å². The highest BCUT2D eigenvalue weighted by Crippen LogP contribution is 2.23. The number of rotatable bonds is 4. The summed E-state index contributed by atoms with van der Waals surface area (Å²) < 4.78 is 13.3. The van der Waals surface area contributed by atoms with Gasteiger partial charge in [-0.05, 0) is 18.6 Å². The largest absolute Gasteiger partial charge is 0.478 e. The van der Waals surface area contributed by atoms with Gasteiger partial charge < -0.3 is 10.8 Å². The number of carboxylic acid groups (broad SMARTS) is 1. The van der Waals surface area contributed by atoms with Crippen LogP contribution in [0, 0.1) is 5.82 Å². The van der Waals surface area contributed by atoms with Gasteiger partial charge in [0.05, 0.1) is 5.56 Å². The summed E-state index contributed by atoms with van der Waals surface area (Å²) in [7, 11) is 0. The molecular formula is C11H10FNO4. The molecule has 1 unspecified atom stereocenters. The number of carboxylic acids is 1. The molecular weight excluding hydrogens is 229 g/mol. The van der Waals surface area contributed by atoms with E-state index < -0.39 is 35.0 Å². The van der Waals surface area contributed by atoms with Gasteiger partial charge in [0.1, 0.15) is 17.5 Å². The van der Waals surface area contributed by atoms with Crippen molar-refractivity contribution in [2.45, 2.75) is 12.8 Å². The third-order valence-electron chi connectivity index (χ3n) is 2.26. The summed E-state index contributed by atoms with van der Waals surface area (Å²) in [6.07, 6.45) is 0. The lowest BCUT2D eigenvalue weighted by Gasteiger charge is -2.13. The van der Waals surface area contributed by atoms with Gasteiger partial charge >= 0.3 is 5.97 Å². The normalized spacial score (nSPS) is 11.9. The van der Waals surface area contributed by atoms with Crippen LogP contribution in [0.15, 0.2) is 18.2 Å². The highest BCUT2D eigenvalue weighted by Gasteiger charge is 2.29. The molecule has 0 aliphatic carbocycles.